The third-order valence-electron chi connectivity index (χ3n) is 8.38. The van der Waals surface area contributed by atoms with Gasteiger partial charge in [-0.25, -0.2) is 4.57 Å². The average molecular weight is 766 g/mol. The largest absolute Gasteiger partial charge is 0.472 e. The van der Waals surface area contributed by atoms with Gasteiger partial charge in [0.05, 0.1) is 13.2 Å². The first-order chi connectivity index (χ1) is 25.8. The fraction of sp³-hybridized carbons (Fsp3) is 0.721. The minimum absolute atomic E-state index is 0.0432. The molecule has 0 amide bonds. The van der Waals surface area contributed by atoms with Crippen molar-refractivity contribution in [1.29, 1.82) is 0 Å². The minimum Gasteiger partial charge on any atom is -0.462 e. The first-order valence-electron chi connectivity index (χ1n) is 20.8. The molecule has 0 aromatic rings. The van der Waals surface area contributed by atoms with Crippen LogP contribution in [0.25, 0.3) is 0 Å². The van der Waals surface area contributed by atoms with Gasteiger partial charge in [0.15, 0.2) is 6.10 Å². The van der Waals surface area contributed by atoms with Crippen LogP contribution in [0.4, 0.5) is 0 Å². The lowest BCUT2D eigenvalue weighted by atomic mass is 10.1. The Hall–Kier alpha value is -2.29. The molecule has 0 aliphatic rings. The molecule has 0 aliphatic carbocycles. The maximum absolute atomic E-state index is 12.6. The Labute approximate surface area is 323 Å². The first-order valence-corrected chi connectivity index (χ1v) is 22.3. The molecule has 0 radical (unpaired) electrons. The number of carbonyl (C=O) groups excluding carboxylic acids is 2. The number of carbonyl (C=O) groups is 2. The van der Waals surface area contributed by atoms with Gasteiger partial charge in [0.2, 0.25) is 0 Å². The van der Waals surface area contributed by atoms with Gasteiger partial charge >= 0.3 is 19.8 Å². The van der Waals surface area contributed by atoms with Crippen molar-refractivity contribution < 1.29 is 37.6 Å². The van der Waals surface area contributed by atoms with Crippen LogP contribution in [0, 0.1) is 0 Å². The molecule has 3 N–H and O–H groups in total. The van der Waals surface area contributed by atoms with Crippen LogP contribution in [-0.2, 0) is 32.7 Å². The molecule has 10 heteroatoms. The molecule has 53 heavy (non-hydrogen) atoms. The molecule has 0 fully saturated rings. The van der Waals surface area contributed by atoms with Gasteiger partial charge in [0, 0.05) is 19.4 Å². The molecular weight excluding hydrogens is 689 g/mol. The topological polar surface area (TPSA) is 134 Å². The number of nitrogens with two attached hydrogens (primary N) is 1. The highest BCUT2D eigenvalue weighted by molar-refractivity contribution is 7.47. The average Bonchev–Trinajstić information content (AvgIpc) is 3.14. The zero-order chi connectivity index (χ0) is 38.9. The van der Waals surface area contributed by atoms with Crippen LogP contribution >= 0.6 is 7.82 Å². The summed E-state index contributed by atoms with van der Waals surface area (Å²) < 4.78 is 32.7. The van der Waals surface area contributed by atoms with Crippen molar-refractivity contribution in [1.82, 2.24) is 0 Å². The fourth-order valence-corrected chi connectivity index (χ4v) is 6.03. The van der Waals surface area contributed by atoms with Gasteiger partial charge in [-0.3, -0.25) is 18.6 Å². The summed E-state index contributed by atoms with van der Waals surface area (Å²) in [6.07, 6.45) is 45.4. The molecule has 306 valence electrons. The van der Waals surface area contributed by atoms with Gasteiger partial charge in [-0.05, 0) is 77.0 Å². The van der Waals surface area contributed by atoms with Crippen molar-refractivity contribution in [2.75, 3.05) is 26.4 Å². The molecule has 0 aromatic carbocycles. The minimum atomic E-state index is -4.39. The second-order valence-electron chi connectivity index (χ2n) is 13.5. The van der Waals surface area contributed by atoms with E-state index in [-0.39, 0.29) is 32.6 Å². The Kier molecular flexibility index (Phi) is 37.7. The Morgan fingerprint density at radius 2 is 1.00 bits per heavy atom. The number of hydrogen-bond donors (Lipinski definition) is 2. The van der Waals surface area contributed by atoms with Gasteiger partial charge < -0.3 is 20.1 Å². The van der Waals surface area contributed by atoms with Gasteiger partial charge in [0.1, 0.15) is 6.61 Å². The number of phosphoric ester groups is 1. The summed E-state index contributed by atoms with van der Waals surface area (Å²) >= 11 is 0. The van der Waals surface area contributed by atoms with Crippen molar-refractivity contribution in [3.8, 4) is 0 Å². The maximum Gasteiger partial charge on any atom is 0.472 e. The van der Waals surface area contributed by atoms with E-state index in [0.717, 1.165) is 51.4 Å². The number of hydrogen-bond acceptors (Lipinski definition) is 8. The van der Waals surface area contributed by atoms with Crippen LogP contribution in [0.1, 0.15) is 168 Å². The second kappa shape index (κ2) is 39.4. The summed E-state index contributed by atoms with van der Waals surface area (Å²) in [4.78, 5) is 34.8. The van der Waals surface area contributed by atoms with Crippen LogP contribution in [-0.4, -0.2) is 49.3 Å². The van der Waals surface area contributed by atoms with Crippen molar-refractivity contribution in [3.05, 3.63) is 60.8 Å². The van der Waals surface area contributed by atoms with Crippen molar-refractivity contribution in [2.24, 2.45) is 5.73 Å². The number of phosphoric acid groups is 1. The van der Waals surface area contributed by atoms with Crippen LogP contribution in [0.5, 0.6) is 0 Å². The molecule has 0 spiro atoms. The molecule has 0 heterocycles. The Bertz CT molecular complexity index is 1050. The Morgan fingerprint density at radius 3 is 1.57 bits per heavy atom. The van der Waals surface area contributed by atoms with E-state index >= 15 is 0 Å². The van der Waals surface area contributed by atoms with Crippen molar-refractivity contribution in [2.45, 2.75) is 174 Å². The van der Waals surface area contributed by atoms with E-state index in [4.69, 9.17) is 24.3 Å². The number of rotatable bonds is 38. The fourth-order valence-electron chi connectivity index (χ4n) is 5.27. The lowest BCUT2D eigenvalue weighted by Gasteiger charge is -2.19. The molecule has 0 aliphatic heterocycles. The van der Waals surface area contributed by atoms with E-state index < -0.39 is 32.5 Å². The molecule has 2 atom stereocenters. The molecule has 0 aromatic heterocycles. The van der Waals surface area contributed by atoms with Crippen LogP contribution < -0.4 is 5.73 Å². The summed E-state index contributed by atoms with van der Waals surface area (Å²) in [6, 6.07) is 0. The standard InChI is InChI=1S/C43H76NO8P/c1-3-5-7-9-11-13-15-17-19-20-22-23-25-27-29-31-33-35-42(45)49-39-41(40-51-53(47,48)50-38-37-44)52-43(46)36-34-32-30-28-26-24-21-18-16-14-12-10-8-6-4-2/h11,13-14,16-17,19,22-23,27,29,41H,3-10,12,15,18,20-21,24-26,28,30-40,44H2,1-2H3,(H,47,48)/t41-/m1/s1. The van der Waals surface area contributed by atoms with Gasteiger partial charge in [-0.2, -0.15) is 0 Å². The molecule has 9 nitrogen and oxygen atoms in total. The highest BCUT2D eigenvalue weighted by atomic mass is 31.2. The number of esters is 2. The van der Waals surface area contributed by atoms with Gasteiger partial charge in [0.25, 0.3) is 0 Å². The molecule has 0 saturated carbocycles. The van der Waals surface area contributed by atoms with E-state index in [0.29, 0.717) is 12.8 Å². The highest BCUT2D eigenvalue weighted by Crippen LogP contribution is 2.43. The quantitative estimate of drug-likeness (QED) is 0.0272. The highest BCUT2D eigenvalue weighted by Gasteiger charge is 2.25. The van der Waals surface area contributed by atoms with E-state index in [2.05, 4.69) is 68.5 Å². The molecule has 0 saturated heterocycles. The predicted molar refractivity (Wildman–Crippen MR) is 219 cm³/mol. The van der Waals surface area contributed by atoms with E-state index in [1.54, 1.807) is 0 Å². The lowest BCUT2D eigenvalue weighted by Crippen LogP contribution is -2.29. The van der Waals surface area contributed by atoms with Crippen LogP contribution in [0.15, 0.2) is 60.8 Å². The maximum atomic E-state index is 12.6. The summed E-state index contributed by atoms with van der Waals surface area (Å²) in [6.45, 7) is 3.61. The van der Waals surface area contributed by atoms with Gasteiger partial charge in [-0.1, -0.05) is 139 Å². The smallest absolute Gasteiger partial charge is 0.462 e. The summed E-state index contributed by atoms with van der Waals surface area (Å²) in [5, 5.41) is 0. The van der Waals surface area contributed by atoms with Crippen LogP contribution in [0.2, 0.25) is 0 Å². The molecule has 0 bridgehead atoms. The zero-order valence-electron chi connectivity index (χ0n) is 33.5. The first kappa shape index (κ1) is 50.7. The van der Waals surface area contributed by atoms with Crippen molar-refractivity contribution >= 4 is 19.8 Å². The third-order valence-corrected chi connectivity index (χ3v) is 9.36. The summed E-state index contributed by atoms with van der Waals surface area (Å²) in [5.74, 6) is -0.903. The Morgan fingerprint density at radius 1 is 0.566 bits per heavy atom. The monoisotopic (exact) mass is 766 g/mol. The lowest BCUT2D eigenvalue weighted by molar-refractivity contribution is -0.161. The molecular formula is C43H76NO8P. The summed E-state index contributed by atoms with van der Waals surface area (Å²) in [5.41, 5.74) is 5.34. The summed E-state index contributed by atoms with van der Waals surface area (Å²) in [7, 11) is -4.39. The third kappa shape index (κ3) is 39.2. The second-order valence-corrected chi connectivity index (χ2v) is 14.9. The van der Waals surface area contributed by atoms with E-state index in [1.165, 1.54) is 77.0 Å². The molecule has 0 rings (SSSR count). The zero-order valence-corrected chi connectivity index (χ0v) is 34.4. The SMILES string of the molecule is CCCCCC=CCC=CCC=CCC=CCCCC(=O)OC[C@H](COP(=O)(O)OCCN)OC(=O)CCCCCCCCCC=CCCCCCC. The molecule has 1 unspecified atom stereocenters. The van der Waals surface area contributed by atoms with Crippen LogP contribution in [0.3, 0.4) is 0 Å². The Balaban J connectivity index is 4.29. The van der Waals surface area contributed by atoms with Gasteiger partial charge in [-0.15, -0.1) is 0 Å². The number of unbranched alkanes of at least 4 members (excludes halogenated alkanes) is 15. The predicted octanol–water partition coefficient (Wildman–Crippen LogP) is 11.7. The normalized spacial score (nSPS) is 14.0. The van der Waals surface area contributed by atoms with Crippen molar-refractivity contribution in [3.63, 3.8) is 0 Å². The number of ether oxygens (including phenoxy) is 2. The van der Waals surface area contributed by atoms with E-state index in [1.807, 2.05) is 6.08 Å². The number of allylic oxidation sites excluding steroid dienone is 10. The van der Waals surface area contributed by atoms with E-state index in [9.17, 15) is 19.0 Å².